The molecule has 0 spiro atoms. The third kappa shape index (κ3) is 4.06. The molecule has 0 aliphatic carbocycles. The van der Waals surface area contributed by atoms with Gasteiger partial charge in [-0.2, -0.15) is 0 Å². The number of hydrogen-bond acceptors (Lipinski definition) is 2. The number of halogens is 2. The lowest BCUT2D eigenvalue weighted by molar-refractivity contribution is -0.0563. The SMILES string of the molecule is FC(F)(Cc1ccccc1)CN1CCOCC1. The van der Waals surface area contributed by atoms with Crippen LogP contribution in [0.2, 0.25) is 0 Å². The number of alkyl halides is 2. The molecule has 1 heterocycles. The molecule has 1 aliphatic heterocycles. The minimum Gasteiger partial charge on any atom is -0.379 e. The lowest BCUT2D eigenvalue weighted by Crippen LogP contribution is -2.44. The molecule has 94 valence electrons. The molecule has 0 N–H and O–H groups in total. The molecule has 2 nitrogen and oxygen atoms in total. The van der Waals surface area contributed by atoms with Crippen molar-refractivity contribution in [3.8, 4) is 0 Å². The summed E-state index contributed by atoms with van der Waals surface area (Å²) in [6.07, 6.45) is -0.189. The maximum atomic E-state index is 13.8. The van der Waals surface area contributed by atoms with Crippen molar-refractivity contribution >= 4 is 0 Å². The van der Waals surface area contributed by atoms with Crippen LogP contribution in [-0.2, 0) is 11.2 Å². The van der Waals surface area contributed by atoms with Crippen LogP contribution in [0.1, 0.15) is 5.56 Å². The molecule has 0 aromatic heterocycles. The minimum absolute atomic E-state index is 0.175. The van der Waals surface area contributed by atoms with Crippen LogP contribution >= 0.6 is 0 Å². The largest absolute Gasteiger partial charge is 0.379 e. The zero-order chi connectivity index (χ0) is 12.1. The molecule has 0 radical (unpaired) electrons. The molecule has 17 heavy (non-hydrogen) atoms. The van der Waals surface area contributed by atoms with Gasteiger partial charge in [0.25, 0.3) is 5.92 Å². The van der Waals surface area contributed by atoms with E-state index in [0.29, 0.717) is 31.9 Å². The summed E-state index contributed by atoms with van der Waals surface area (Å²) in [5.74, 6) is -2.67. The number of rotatable bonds is 4. The molecule has 0 amide bonds. The van der Waals surface area contributed by atoms with Crippen molar-refractivity contribution in [2.75, 3.05) is 32.8 Å². The minimum atomic E-state index is -2.67. The molecule has 1 aliphatic rings. The van der Waals surface area contributed by atoms with Crippen molar-refractivity contribution in [2.24, 2.45) is 0 Å². The predicted molar refractivity (Wildman–Crippen MR) is 62.4 cm³/mol. The molecule has 4 heteroatoms. The van der Waals surface area contributed by atoms with E-state index < -0.39 is 5.92 Å². The first-order valence-electron chi connectivity index (χ1n) is 5.88. The first-order chi connectivity index (χ1) is 8.16. The highest BCUT2D eigenvalue weighted by molar-refractivity contribution is 5.16. The Hall–Kier alpha value is -1.00. The van der Waals surface area contributed by atoms with Crippen molar-refractivity contribution in [3.63, 3.8) is 0 Å². The quantitative estimate of drug-likeness (QED) is 0.801. The van der Waals surface area contributed by atoms with Gasteiger partial charge in [0.2, 0.25) is 0 Å². The molecule has 0 atom stereocenters. The fraction of sp³-hybridized carbons (Fsp3) is 0.538. The zero-order valence-corrected chi connectivity index (χ0v) is 9.74. The van der Waals surface area contributed by atoms with Crippen LogP contribution in [-0.4, -0.2) is 43.7 Å². The fourth-order valence-electron chi connectivity index (χ4n) is 2.04. The number of morpholine rings is 1. The summed E-state index contributed by atoms with van der Waals surface area (Å²) in [5, 5.41) is 0. The van der Waals surface area contributed by atoms with Crippen LogP contribution in [0.25, 0.3) is 0 Å². The van der Waals surface area contributed by atoms with Crippen LogP contribution in [0.15, 0.2) is 30.3 Å². The fourth-order valence-corrected chi connectivity index (χ4v) is 2.04. The third-order valence-corrected chi connectivity index (χ3v) is 2.86. The summed E-state index contributed by atoms with van der Waals surface area (Å²) in [4.78, 5) is 1.77. The van der Waals surface area contributed by atoms with Crippen LogP contribution in [0.4, 0.5) is 8.78 Å². The highest BCUT2D eigenvalue weighted by Crippen LogP contribution is 2.21. The van der Waals surface area contributed by atoms with E-state index in [0.717, 1.165) is 0 Å². The molecule has 1 aromatic rings. The third-order valence-electron chi connectivity index (χ3n) is 2.86. The summed E-state index contributed by atoms with van der Waals surface area (Å²) in [6, 6.07) is 8.91. The first kappa shape index (κ1) is 12.5. The highest BCUT2D eigenvalue weighted by atomic mass is 19.3. The van der Waals surface area contributed by atoms with Crippen molar-refractivity contribution in [1.82, 2.24) is 4.90 Å². The van der Waals surface area contributed by atoms with Gasteiger partial charge in [-0.15, -0.1) is 0 Å². The van der Waals surface area contributed by atoms with E-state index >= 15 is 0 Å². The molecular weight excluding hydrogens is 224 g/mol. The summed E-state index contributed by atoms with van der Waals surface area (Å²) in [7, 11) is 0. The molecule has 1 fully saturated rings. The average molecular weight is 241 g/mol. The van der Waals surface area contributed by atoms with Crippen LogP contribution in [0.5, 0.6) is 0 Å². The Bertz CT molecular complexity index is 337. The van der Waals surface area contributed by atoms with Gasteiger partial charge in [0.05, 0.1) is 19.8 Å². The number of nitrogens with zero attached hydrogens (tertiary/aromatic N) is 1. The lowest BCUT2D eigenvalue weighted by atomic mass is 10.1. The molecular formula is C13H17F2NO. The Kier molecular flexibility index (Phi) is 4.07. The van der Waals surface area contributed by atoms with Gasteiger partial charge < -0.3 is 4.74 Å². The van der Waals surface area contributed by atoms with Gasteiger partial charge in [-0.1, -0.05) is 30.3 Å². The van der Waals surface area contributed by atoms with E-state index in [-0.39, 0.29) is 13.0 Å². The second kappa shape index (κ2) is 5.56. The van der Waals surface area contributed by atoms with Crippen molar-refractivity contribution in [2.45, 2.75) is 12.3 Å². The number of ether oxygens (including phenoxy) is 1. The van der Waals surface area contributed by atoms with Gasteiger partial charge >= 0.3 is 0 Å². The van der Waals surface area contributed by atoms with Crippen LogP contribution < -0.4 is 0 Å². The van der Waals surface area contributed by atoms with E-state index in [9.17, 15) is 8.78 Å². The Morgan fingerprint density at radius 1 is 1.12 bits per heavy atom. The van der Waals surface area contributed by atoms with Gasteiger partial charge in [-0.3, -0.25) is 4.90 Å². The summed E-state index contributed by atoms with van der Waals surface area (Å²) >= 11 is 0. The molecule has 0 saturated carbocycles. The topological polar surface area (TPSA) is 12.5 Å². The number of hydrogen-bond donors (Lipinski definition) is 0. The second-order valence-corrected chi connectivity index (χ2v) is 4.41. The number of benzene rings is 1. The smallest absolute Gasteiger partial charge is 0.264 e. The van der Waals surface area contributed by atoms with E-state index in [1.54, 1.807) is 29.2 Å². The Balaban J connectivity index is 1.89. The lowest BCUT2D eigenvalue weighted by Gasteiger charge is -2.30. The Labute approximate surface area is 100 Å². The molecule has 0 unspecified atom stereocenters. The van der Waals surface area contributed by atoms with E-state index in [4.69, 9.17) is 4.74 Å². The average Bonchev–Trinajstić information content (AvgIpc) is 2.30. The van der Waals surface area contributed by atoms with Crippen molar-refractivity contribution < 1.29 is 13.5 Å². The van der Waals surface area contributed by atoms with Crippen molar-refractivity contribution in [1.29, 1.82) is 0 Å². The van der Waals surface area contributed by atoms with Gasteiger partial charge in [0.1, 0.15) is 0 Å². The molecule has 0 bridgehead atoms. The molecule has 2 rings (SSSR count). The standard InChI is InChI=1S/C13H17F2NO/c14-13(15,10-12-4-2-1-3-5-12)11-16-6-8-17-9-7-16/h1-5H,6-11H2. The van der Waals surface area contributed by atoms with Gasteiger partial charge in [-0.25, -0.2) is 8.78 Å². The summed E-state index contributed by atoms with van der Waals surface area (Å²) in [5.41, 5.74) is 0.686. The maximum absolute atomic E-state index is 13.8. The first-order valence-corrected chi connectivity index (χ1v) is 5.88. The maximum Gasteiger partial charge on any atom is 0.264 e. The van der Waals surface area contributed by atoms with Gasteiger partial charge in [0.15, 0.2) is 0 Å². The molecule has 1 saturated heterocycles. The normalized spacial score (nSPS) is 18.2. The Morgan fingerprint density at radius 2 is 1.76 bits per heavy atom. The van der Waals surface area contributed by atoms with E-state index in [1.165, 1.54) is 0 Å². The van der Waals surface area contributed by atoms with Crippen LogP contribution in [0.3, 0.4) is 0 Å². The monoisotopic (exact) mass is 241 g/mol. The predicted octanol–water partition coefficient (Wildman–Crippen LogP) is 2.20. The van der Waals surface area contributed by atoms with Gasteiger partial charge in [-0.05, 0) is 5.56 Å². The van der Waals surface area contributed by atoms with Crippen LogP contribution in [0, 0.1) is 0 Å². The second-order valence-electron chi connectivity index (χ2n) is 4.41. The zero-order valence-electron chi connectivity index (χ0n) is 9.74. The Morgan fingerprint density at radius 3 is 2.41 bits per heavy atom. The van der Waals surface area contributed by atoms with E-state index in [2.05, 4.69) is 0 Å². The van der Waals surface area contributed by atoms with Gasteiger partial charge in [0, 0.05) is 19.5 Å². The van der Waals surface area contributed by atoms with E-state index in [1.807, 2.05) is 6.07 Å². The summed E-state index contributed by atoms with van der Waals surface area (Å²) in [6.45, 7) is 2.14. The van der Waals surface area contributed by atoms with Crippen molar-refractivity contribution in [3.05, 3.63) is 35.9 Å². The molecule has 1 aromatic carbocycles. The highest BCUT2D eigenvalue weighted by Gasteiger charge is 2.32. The summed E-state index contributed by atoms with van der Waals surface area (Å²) < 4.78 is 32.8.